The van der Waals surface area contributed by atoms with Crippen LogP contribution < -0.4 is 0 Å². The molecule has 0 aliphatic heterocycles. The molecule has 448 valence electrons. The molecule has 0 saturated heterocycles. The first-order valence-corrected chi connectivity index (χ1v) is 34.0. The first-order valence-electron chi connectivity index (χ1n) is 34.0. The van der Waals surface area contributed by atoms with E-state index < -0.39 is 0 Å². The minimum Gasteiger partial charge on any atom is -0.461 e. The summed E-state index contributed by atoms with van der Waals surface area (Å²) in [5.41, 5.74) is 13.6. The lowest BCUT2D eigenvalue weighted by Gasteiger charge is -2.19. The molecule has 0 aromatic rings. The van der Waals surface area contributed by atoms with Gasteiger partial charge in [-0.25, -0.2) is 0 Å². The van der Waals surface area contributed by atoms with Gasteiger partial charge in [-0.2, -0.15) is 0 Å². The van der Waals surface area contributed by atoms with Crippen LogP contribution in [0.25, 0.3) is 0 Å². The molecule has 0 aromatic heterocycles. The van der Waals surface area contributed by atoms with Crippen molar-refractivity contribution in [2.75, 3.05) is 6.61 Å². The number of esters is 1. The predicted molar refractivity (Wildman–Crippen MR) is 352 cm³/mol. The van der Waals surface area contributed by atoms with Gasteiger partial charge in [0.05, 0.1) is 5.92 Å². The van der Waals surface area contributed by atoms with Crippen LogP contribution in [0, 0.1) is 5.92 Å². The van der Waals surface area contributed by atoms with Crippen LogP contribution in [0.5, 0.6) is 0 Å². The molecule has 1 saturated carbocycles. The molecule has 0 aromatic carbocycles. The third-order valence-corrected chi connectivity index (χ3v) is 17.0. The number of ether oxygens (including phenoxy) is 1. The lowest BCUT2D eigenvalue weighted by Crippen LogP contribution is -2.20. The van der Waals surface area contributed by atoms with E-state index in [2.05, 4.69) is 124 Å². The molecule has 0 amide bonds. The summed E-state index contributed by atoms with van der Waals surface area (Å²) in [6.07, 6.45) is 80.6. The van der Waals surface area contributed by atoms with Crippen molar-refractivity contribution in [3.05, 3.63) is 105 Å². The molecule has 0 bridgehead atoms. The molecule has 1 aliphatic rings. The Morgan fingerprint density at radius 1 is 0.295 bits per heavy atom. The molecule has 1 rings (SSSR count). The molecule has 0 atom stereocenters. The lowest BCUT2D eigenvalue weighted by atomic mass is 9.89. The van der Waals surface area contributed by atoms with E-state index in [9.17, 15) is 4.79 Å². The average molecular weight is 1080 g/mol. The van der Waals surface area contributed by atoms with Gasteiger partial charge in [-0.1, -0.05) is 266 Å². The van der Waals surface area contributed by atoms with E-state index in [1.165, 1.54) is 245 Å². The van der Waals surface area contributed by atoms with E-state index >= 15 is 0 Å². The van der Waals surface area contributed by atoms with E-state index in [-0.39, 0.29) is 11.9 Å². The topological polar surface area (TPSA) is 26.3 Å². The number of hydrogen-bond donors (Lipinski definition) is 0. The number of carbonyl (C=O) groups is 1. The zero-order valence-corrected chi connectivity index (χ0v) is 54.1. The Morgan fingerprint density at radius 3 is 0.769 bits per heavy atom. The minimum absolute atomic E-state index is 0.00898. The fourth-order valence-corrected chi connectivity index (χ4v) is 11.2. The number of carbonyl (C=O) groups excluding carboxylic acids is 1. The zero-order valence-electron chi connectivity index (χ0n) is 54.1. The van der Waals surface area contributed by atoms with Crippen LogP contribution in [0.15, 0.2) is 105 Å². The van der Waals surface area contributed by atoms with Gasteiger partial charge >= 0.3 is 5.97 Å². The summed E-state index contributed by atoms with van der Waals surface area (Å²) in [4.78, 5) is 12.3. The van der Waals surface area contributed by atoms with Crippen molar-refractivity contribution in [1.82, 2.24) is 0 Å². The highest BCUT2D eigenvalue weighted by atomic mass is 16.5. The summed E-state index contributed by atoms with van der Waals surface area (Å²) in [5, 5.41) is 0. The van der Waals surface area contributed by atoms with Gasteiger partial charge in [-0.3, -0.25) is 4.79 Å². The summed E-state index contributed by atoms with van der Waals surface area (Å²) in [7, 11) is 0. The van der Waals surface area contributed by atoms with Gasteiger partial charge < -0.3 is 4.74 Å². The molecule has 0 unspecified atom stereocenters. The van der Waals surface area contributed by atoms with Crippen LogP contribution in [0.1, 0.15) is 358 Å². The summed E-state index contributed by atoms with van der Waals surface area (Å²) in [5.74, 6) is 0.142. The second-order valence-electron chi connectivity index (χ2n) is 25.3. The number of allylic oxidation sites excluding steroid dienone is 17. The van der Waals surface area contributed by atoms with Crippen molar-refractivity contribution in [3.8, 4) is 0 Å². The Bertz CT molecular complexity index is 1740. The van der Waals surface area contributed by atoms with Crippen molar-refractivity contribution in [1.29, 1.82) is 0 Å². The fourth-order valence-electron chi connectivity index (χ4n) is 11.2. The molecule has 0 N–H and O–H groups in total. The zero-order chi connectivity index (χ0) is 56.9. The van der Waals surface area contributed by atoms with Crippen molar-refractivity contribution in [2.45, 2.75) is 358 Å². The quantitative estimate of drug-likeness (QED) is 0.0345. The maximum Gasteiger partial charge on any atom is 0.309 e. The maximum atomic E-state index is 12.3. The second kappa shape index (κ2) is 53.4. The van der Waals surface area contributed by atoms with E-state index in [4.69, 9.17) is 4.74 Å². The van der Waals surface area contributed by atoms with Crippen LogP contribution in [-0.4, -0.2) is 12.6 Å². The van der Waals surface area contributed by atoms with Crippen molar-refractivity contribution in [2.24, 2.45) is 5.92 Å². The lowest BCUT2D eigenvalue weighted by molar-refractivity contribution is -0.148. The van der Waals surface area contributed by atoms with E-state index in [0.29, 0.717) is 6.61 Å². The number of hydrogen-bond acceptors (Lipinski definition) is 2. The third-order valence-electron chi connectivity index (χ3n) is 17.0. The third kappa shape index (κ3) is 49.0. The molecule has 0 radical (unpaired) electrons. The Labute approximate surface area is 488 Å². The van der Waals surface area contributed by atoms with Gasteiger partial charge in [0.15, 0.2) is 0 Å². The normalized spacial score (nSPS) is 15.3. The first kappa shape index (κ1) is 73.1. The van der Waals surface area contributed by atoms with Crippen molar-refractivity contribution in [3.63, 3.8) is 0 Å². The Morgan fingerprint density at radius 2 is 0.513 bits per heavy atom. The summed E-state index contributed by atoms with van der Waals surface area (Å²) >= 11 is 0. The highest BCUT2D eigenvalue weighted by Crippen LogP contribution is 2.25. The van der Waals surface area contributed by atoms with Crippen molar-refractivity contribution >= 4 is 5.97 Å². The SMILES string of the molecule is CCCCCCCCCCCCCCCCCCCCCCCCCC(C)=CCCC(C)=CCCC(C)=CCCC(C)=CCCC(C)=CCCC(C)=CCCC(C)=CCCC(C)=CCCC(C)=CCOC(=O)C1CCCCC1. The Kier molecular flexibility index (Phi) is 50.1. The van der Waals surface area contributed by atoms with Crippen LogP contribution in [-0.2, 0) is 9.53 Å². The summed E-state index contributed by atoms with van der Waals surface area (Å²) < 4.78 is 5.54. The largest absolute Gasteiger partial charge is 0.461 e. The molecule has 78 heavy (non-hydrogen) atoms. The summed E-state index contributed by atoms with van der Waals surface area (Å²) in [6.45, 7) is 23.4. The summed E-state index contributed by atoms with van der Waals surface area (Å²) in [6, 6.07) is 0. The standard InChI is InChI=1S/C76H132O2/c1-11-12-13-14-15-16-17-18-19-20-21-22-23-24-25-26-27-28-29-30-31-32-34-45-66(2)46-37-47-67(3)48-38-49-68(4)50-39-51-69(5)52-40-53-70(6)54-41-55-71(7)56-42-57-72(8)58-43-59-73(9)60-44-61-74(10)64-65-78-76(77)75-62-35-33-36-63-75/h46,48,50,52,54,56,58,60,64,75H,11-45,47,49,51,53,55,57,59,61-63,65H2,1-10H3. The Balaban J connectivity index is 2.05. The van der Waals surface area contributed by atoms with Gasteiger partial charge in [0.25, 0.3) is 0 Å². The van der Waals surface area contributed by atoms with E-state index in [0.717, 1.165) is 77.0 Å². The number of unbranched alkanes of at least 4 members (excludes halogenated alkanes) is 22. The molecule has 0 spiro atoms. The molecule has 1 fully saturated rings. The van der Waals surface area contributed by atoms with Crippen LogP contribution >= 0.6 is 0 Å². The van der Waals surface area contributed by atoms with E-state index in [1.807, 2.05) is 0 Å². The van der Waals surface area contributed by atoms with Gasteiger partial charge in [0.1, 0.15) is 6.61 Å². The van der Waals surface area contributed by atoms with Crippen LogP contribution in [0.4, 0.5) is 0 Å². The highest BCUT2D eigenvalue weighted by molar-refractivity contribution is 5.72. The van der Waals surface area contributed by atoms with Crippen molar-refractivity contribution < 1.29 is 9.53 Å². The van der Waals surface area contributed by atoms with E-state index in [1.54, 1.807) is 16.7 Å². The van der Waals surface area contributed by atoms with Crippen LogP contribution in [0.3, 0.4) is 0 Å². The monoisotopic (exact) mass is 1080 g/mol. The molecule has 2 heteroatoms. The van der Waals surface area contributed by atoms with Gasteiger partial charge in [-0.15, -0.1) is 0 Å². The average Bonchev–Trinajstić information content (AvgIpc) is 3.41. The van der Waals surface area contributed by atoms with Gasteiger partial charge in [0.2, 0.25) is 0 Å². The number of rotatable bonds is 51. The smallest absolute Gasteiger partial charge is 0.309 e. The van der Waals surface area contributed by atoms with Gasteiger partial charge in [-0.05, 0) is 197 Å². The fraction of sp³-hybridized carbons (Fsp3) is 0.750. The maximum absolute atomic E-state index is 12.3. The van der Waals surface area contributed by atoms with Crippen LogP contribution in [0.2, 0.25) is 0 Å². The molecule has 2 nitrogen and oxygen atoms in total. The van der Waals surface area contributed by atoms with Gasteiger partial charge in [0, 0.05) is 0 Å². The first-order chi connectivity index (χ1) is 37.9. The molecular weight excluding hydrogens is 945 g/mol. The minimum atomic E-state index is 0.00898. The molecule has 1 aliphatic carbocycles. The molecular formula is C76H132O2. The Hall–Kier alpha value is -2.87. The molecule has 0 heterocycles. The predicted octanol–water partition coefficient (Wildman–Crippen LogP) is 26.3. The highest BCUT2D eigenvalue weighted by Gasteiger charge is 2.22. The second-order valence-corrected chi connectivity index (χ2v) is 25.3.